The van der Waals surface area contributed by atoms with Gasteiger partial charge in [-0.25, -0.2) is 8.42 Å². The number of sulfone groups is 1. The summed E-state index contributed by atoms with van der Waals surface area (Å²) >= 11 is 0. The van der Waals surface area contributed by atoms with Crippen LogP contribution >= 0.6 is 0 Å². The first kappa shape index (κ1) is 26.0. The zero-order valence-corrected chi connectivity index (χ0v) is 20.2. The topological polar surface area (TPSA) is 57.6 Å². The first-order chi connectivity index (χ1) is 16.2. The van der Waals surface area contributed by atoms with Gasteiger partial charge in [0.2, 0.25) is 9.84 Å². The monoisotopic (exact) mass is 487 g/mol. The molecule has 0 saturated heterocycles. The van der Waals surface area contributed by atoms with E-state index in [1.807, 2.05) is 67.6 Å². The lowest BCUT2D eigenvalue weighted by Crippen LogP contribution is -2.56. The van der Waals surface area contributed by atoms with Gasteiger partial charge in [-0.2, -0.15) is 8.78 Å². The quantitative estimate of drug-likeness (QED) is 0.386. The van der Waals surface area contributed by atoms with Crippen molar-refractivity contribution in [1.82, 2.24) is 4.90 Å². The Labute approximate surface area is 200 Å². The molecule has 0 aliphatic carbocycles. The number of aliphatic hydroxyl groups excluding tert-OH is 1. The Hall–Kier alpha value is -2.61. The summed E-state index contributed by atoms with van der Waals surface area (Å²) in [6, 6.07) is 24.2. The molecule has 0 bridgehead atoms. The lowest BCUT2D eigenvalue weighted by molar-refractivity contribution is -0.101. The molecule has 0 amide bonds. The molecule has 0 aliphatic rings. The zero-order chi connectivity index (χ0) is 24.8. The largest absolute Gasteiger partial charge is 0.384 e. The Morgan fingerprint density at radius 1 is 0.824 bits per heavy atom. The van der Waals surface area contributed by atoms with Gasteiger partial charge in [0, 0.05) is 19.1 Å². The van der Waals surface area contributed by atoms with E-state index >= 15 is 8.78 Å². The maximum Gasteiger partial charge on any atom is 0.376 e. The summed E-state index contributed by atoms with van der Waals surface area (Å²) in [4.78, 5) is 1.25. The van der Waals surface area contributed by atoms with Crippen molar-refractivity contribution in [1.29, 1.82) is 0 Å². The van der Waals surface area contributed by atoms with E-state index in [4.69, 9.17) is 0 Å². The molecule has 3 aromatic carbocycles. The molecule has 7 heteroatoms. The predicted molar refractivity (Wildman–Crippen MR) is 130 cm³/mol. The molecule has 0 aromatic heterocycles. The average Bonchev–Trinajstić information content (AvgIpc) is 2.85. The van der Waals surface area contributed by atoms with E-state index in [0.717, 1.165) is 23.3 Å². The van der Waals surface area contributed by atoms with Crippen LogP contribution in [0.1, 0.15) is 31.4 Å². The number of aliphatic hydroxyl groups is 1. The summed E-state index contributed by atoms with van der Waals surface area (Å²) < 4.78 is 57.0. The summed E-state index contributed by atoms with van der Waals surface area (Å²) in [6.45, 7) is 4.17. The van der Waals surface area contributed by atoms with Gasteiger partial charge in [-0.15, -0.1) is 0 Å². The van der Waals surface area contributed by atoms with Gasteiger partial charge in [0.25, 0.3) is 0 Å². The second kappa shape index (κ2) is 11.2. The molecule has 1 N–H and O–H groups in total. The van der Waals surface area contributed by atoms with E-state index in [2.05, 4.69) is 0 Å². The molecule has 3 rings (SSSR count). The van der Waals surface area contributed by atoms with Gasteiger partial charge in [0.1, 0.15) is 6.10 Å². The lowest BCUT2D eigenvalue weighted by atomic mass is 9.91. The van der Waals surface area contributed by atoms with Crippen LogP contribution in [0.3, 0.4) is 0 Å². The number of alkyl halides is 2. The van der Waals surface area contributed by atoms with Crippen LogP contribution in [-0.4, -0.2) is 35.8 Å². The van der Waals surface area contributed by atoms with Crippen LogP contribution in [0.25, 0.3) is 0 Å². The minimum Gasteiger partial charge on any atom is -0.384 e. The van der Waals surface area contributed by atoms with Crippen molar-refractivity contribution >= 4 is 9.84 Å². The highest BCUT2D eigenvalue weighted by molar-refractivity contribution is 7.92. The highest BCUT2D eigenvalue weighted by Gasteiger charge is 2.56. The molecular weight excluding hydrogens is 456 g/mol. The summed E-state index contributed by atoms with van der Waals surface area (Å²) in [5, 5.41) is 6.71. The Morgan fingerprint density at radius 3 is 1.65 bits per heavy atom. The fourth-order valence-corrected chi connectivity index (χ4v) is 5.42. The third-order valence-electron chi connectivity index (χ3n) is 6.19. The van der Waals surface area contributed by atoms with E-state index in [1.54, 1.807) is 17.9 Å². The molecule has 0 spiro atoms. The van der Waals surface area contributed by atoms with E-state index in [9.17, 15) is 13.5 Å². The van der Waals surface area contributed by atoms with Crippen molar-refractivity contribution in [3.05, 3.63) is 102 Å². The van der Waals surface area contributed by atoms with Gasteiger partial charge in [-0.1, -0.05) is 99.1 Å². The van der Waals surface area contributed by atoms with Crippen molar-refractivity contribution < 1.29 is 22.3 Å². The van der Waals surface area contributed by atoms with Crippen LogP contribution in [0.2, 0.25) is 0 Å². The summed E-state index contributed by atoms with van der Waals surface area (Å²) in [5.74, 6) is -0.403. The molecule has 1 unspecified atom stereocenters. The Morgan fingerprint density at radius 2 is 1.24 bits per heavy atom. The normalized spacial score (nSPS) is 15.1. The van der Waals surface area contributed by atoms with Crippen molar-refractivity contribution in [2.24, 2.45) is 5.92 Å². The highest BCUT2D eigenvalue weighted by Crippen LogP contribution is 2.37. The number of nitrogens with zero attached hydrogens (tertiary/aromatic N) is 1. The van der Waals surface area contributed by atoms with Gasteiger partial charge in [0.15, 0.2) is 0 Å². The second-order valence-corrected chi connectivity index (χ2v) is 10.6. The van der Waals surface area contributed by atoms with Gasteiger partial charge in [0.05, 0.1) is 4.90 Å². The Kier molecular flexibility index (Phi) is 8.57. The number of benzene rings is 3. The summed E-state index contributed by atoms with van der Waals surface area (Å²) in [7, 11) is -5.11. The summed E-state index contributed by atoms with van der Waals surface area (Å²) in [6.07, 6.45) is -1.94. The van der Waals surface area contributed by atoms with Crippen molar-refractivity contribution in [3.63, 3.8) is 0 Å². The van der Waals surface area contributed by atoms with Gasteiger partial charge < -0.3 is 5.11 Å². The summed E-state index contributed by atoms with van der Waals surface area (Å²) in [5.41, 5.74) is 1.77. The highest BCUT2D eigenvalue weighted by atomic mass is 32.2. The molecule has 0 saturated carbocycles. The third-order valence-corrected chi connectivity index (χ3v) is 8.04. The molecule has 34 heavy (non-hydrogen) atoms. The Balaban J connectivity index is 2.04. The van der Waals surface area contributed by atoms with Crippen LogP contribution in [0.5, 0.6) is 0 Å². The number of hydrogen-bond acceptors (Lipinski definition) is 4. The molecule has 0 radical (unpaired) electrons. The van der Waals surface area contributed by atoms with Crippen molar-refractivity contribution in [2.75, 3.05) is 0 Å². The number of hydrogen-bond donors (Lipinski definition) is 1. The van der Waals surface area contributed by atoms with E-state index in [-0.39, 0.29) is 13.1 Å². The van der Waals surface area contributed by atoms with Crippen LogP contribution < -0.4 is 0 Å². The SMILES string of the molecule is CCC(C)[C@@H]([C@H](O)C(F)(F)S(=O)(=O)c1ccccc1)N(Cc1ccccc1)Cc1ccccc1. The van der Waals surface area contributed by atoms with Crippen LogP contribution in [0.15, 0.2) is 95.9 Å². The van der Waals surface area contributed by atoms with E-state index < -0.39 is 38.1 Å². The fraction of sp³-hybridized carbons (Fsp3) is 0.333. The van der Waals surface area contributed by atoms with E-state index in [0.29, 0.717) is 6.42 Å². The number of rotatable bonds is 11. The predicted octanol–water partition coefficient (Wildman–Crippen LogP) is 5.53. The van der Waals surface area contributed by atoms with Crippen molar-refractivity contribution in [2.45, 2.75) is 55.7 Å². The maximum atomic E-state index is 15.6. The number of halogens is 2. The van der Waals surface area contributed by atoms with Crippen LogP contribution in [0, 0.1) is 5.92 Å². The lowest BCUT2D eigenvalue weighted by Gasteiger charge is -2.40. The van der Waals surface area contributed by atoms with E-state index in [1.165, 1.54) is 12.1 Å². The zero-order valence-electron chi connectivity index (χ0n) is 19.4. The molecular formula is C27H31F2NO3S. The average molecular weight is 488 g/mol. The molecule has 3 atom stereocenters. The third kappa shape index (κ3) is 5.71. The van der Waals surface area contributed by atoms with Gasteiger partial charge in [-0.3, -0.25) is 4.90 Å². The second-order valence-electron chi connectivity index (χ2n) is 8.58. The standard InChI is InChI=1S/C27H31F2NO3S/c1-3-21(2)25(26(31)27(28,29)34(32,33)24-17-11-6-12-18-24)30(19-22-13-7-4-8-14-22)20-23-15-9-5-10-16-23/h4-18,21,25-26,31H,3,19-20H2,1-2H3/t21?,25-,26-/m0/s1. The molecule has 0 fully saturated rings. The first-order valence-electron chi connectivity index (χ1n) is 11.4. The molecule has 3 aromatic rings. The molecule has 0 aliphatic heterocycles. The molecule has 0 heterocycles. The van der Waals surface area contributed by atoms with Crippen LogP contribution in [-0.2, 0) is 22.9 Å². The molecule has 182 valence electrons. The maximum absolute atomic E-state index is 15.6. The van der Waals surface area contributed by atoms with Gasteiger partial charge >= 0.3 is 5.25 Å². The van der Waals surface area contributed by atoms with Crippen LogP contribution in [0.4, 0.5) is 8.78 Å². The minimum absolute atomic E-state index is 0.281. The minimum atomic E-state index is -5.11. The first-order valence-corrected chi connectivity index (χ1v) is 12.8. The molecule has 4 nitrogen and oxygen atoms in total. The smallest absolute Gasteiger partial charge is 0.376 e. The van der Waals surface area contributed by atoms with Crippen molar-refractivity contribution in [3.8, 4) is 0 Å². The van der Waals surface area contributed by atoms with Gasteiger partial charge in [-0.05, 0) is 29.2 Å². The fourth-order valence-electron chi connectivity index (χ4n) is 4.13. The Bertz CT molecular complexity index is 1080.